The van der Waals surface area contributed by atoms with E-state index in [1.807, 2.05) is 89.7 Å². The van der Waals surface area contributed by atoms with Gasteiger partial charge in [-0.2, -0.15) is 10.2 Å². The lowest BCUT2D eigenvalue weighted by Crippen LogP contribution is -2.31. The average Bonchev–Trinajstić information content (AvgIpc) is 4.05. The van der Waals surface area contributed by atoms with Gasteiger partial charge in [-0.3, -0.25) is 9.36 Å². The summed E-state index contributed by atoms with van der Waals surface area (Å²) in [4.78, 5) is 0. The van der Waals surface area contributed by atoms with E-state index >= 15 is 0 Å². The van der Waals surface area contributed by atoms with E-state index < -0.39 is 11.6 Å². The smallest absolute Gasteiger partial charge is 0.163 e. The zero-order chi connectivity index (χ0) is 38.1. The Kier molecular flexibility index (Phi) is 12.0. The van der Waals surface area contributed by atoms with Crippen LogP contribution >= 0.6 is 0 Å². The zero-order valence-corrected chi connectivity index (χ0v) is 30.9. The van der Waals surface area contributed by atoms with E-state index in [2.05, 4.69) is 5.10 Å². The van der Waals surface area contributed by atoms with Crippen LogP contribution in [0.3, 0.4) is 0 Å². The van der Waals surface area contributed by atoms with E-state index in [1.165, 1.54) is 24.5 Å². The highest BCUT2D eigenvalue weighted by Gasteiger charge is 2.31. The fraction of sp³-hybridized carbons (Fsp3) is 0.302. The molecule has 1 unspecified atom stereocenters. The van der Waals surface area contributed by atoms with Crippen LogP contribution in [0.1, 0.15) is 36.8 Å². The van der Waals surface area contributed by atoms with Gasteiger partial charge >= 0.3 is 0 Å². The van der Waals surface area contributed by atoms with Crippen LogP contribution in [0.5, 0.6) is 17.2 Å². The summed E-state index contributed by atoms with van der Waals surface area (Å²) in [5, 5.41) is 9.22. The molecule has 0 radical (unpaired) electrons. The Hall–Kier alpha value is -5.72. The topological polar surface area (TPSA) is 108 Å². The first-order chi connectivity index (χ1) is 26.9. The van der Waals surface area contributed by atoms with Gasteiger partial charge in [0.25, 0.3) is 0 Å². The van der Waals surface area contributed by atoms with Crippen LogP contribution in [0.4, 0.5) is 14.5 Å². The molecule has 1 aliphatic heterocycles. The van der Waals surface area contributed by atoms with Crippen molar-refractivity contribution in [3.63, 3.8) is 0 Å². The first-order valence-corrected chi connectivity index (χ1v) is 18.4. The molecule has 2 atom stereocenters. The second-order valence-corrected chi connectivity index (χ2v) is 13.6. The minimum atomic E-state index is -0.866. The zero-order valence-electron chi connectivity index (χ0n) is 30.9. The molecule has 1 saturated carbocycles. The number of nitrogens with zero attached hydrogens (tertiary/aromatic N) is 4. The molecule has 2 fully saturated rings. The van der Waals surface area contributed by atoms with Crippen LogP contribution in [0, 0.1) is 11.6 Å². The third-order valence-electron chi connectivity index (χ3n) is 9.75. The first kappa shape index (κ1) is 37.6. The lowest BCUT2D eigenvalue weighted by atomic mass is 10.1. The van der Waals surface area contributed by atoms with E-state index in [9.17, 15) is 8.78 Å². The fourth-order valence-corrected chi connectivity index (χ4v) is 6.76. The van der Waals surface area contributed by atoms with Gasteiger partial charge < -0.3 is 29.4 Å². The van der Waals surface area contributed by atoms with Crippen molar-refractivity contribution in [3.8, 4) is 39.8 Å². The van der Waals surface area contributed by atoms with Gasteiger partial charge in [0.05, 0.1) is 50.9 Å². The summed E-state index contributed by atoms with van der Waals surface area (Å²) in [6.45, 7) is 1.80. The number of ether oxygens (including phenoxy) is 5. The van der Waals surface area contributed by atoms with Crippen LogP contribution in [0.15, 0.2) is 109 Å². The SMILES string of the molecule is COC1COC[C@H]1Oc1ccccc1-c1ccn(Cc2cccc(F)c2F)n1.COc1ccc(-c2ccn(Cc3ccc(N)cc3)n2)cc1OC1CCCC1. The normalized spacial score (nSPS) is 16.8. The molecule has 4 aromatic carbocycles. The molecule has 6 aromatic rings. The van der Waals surface area contributed by atoms with Crippen molar-refractivity contribution >= 4 is 5.69 Å². The van der Waals surface area contributed by atoms with Crippen LogP contribution in [-0.2, 0) is 22.6 Å². The maximum atomic E-state index is 13.9. The second-order valence-electron chi connectivity index (χ2n) is 13.6. The van der Waals surface area contributed by atoms with Gasteiger partial charge in [-0.1, -0.05) is 36.4 Å². The molecule has 0 amide bonds. The number of aromatic nitrogens is 4. The van der Waals surface area contributed by atoms with Crippen molar-refractivity contribution in [1.82, 2.24) is 19.6 Å². The number of hydrogen-bond donors (Lipinski definition) is 1. The summed E-state index contributed by atoms with van der Waals surface area (Å²) in [7, 11) is 3.31. The van der Waals surface area contributed by atoms with E-state index in [-0.39, 0.29) is 30.4 Å². The van der Waals surface area contributed by atoms with Crippen LogP contribution in [0.25, 0.3) is 22.5 Å². The number of rotatable bonds is 12. The third-order valence-corrected chi connectivity index (χ3v) is 9.75. The molecule has 0 spiro atoms. The second kappa shape index (κ2) is 17.6. The number of nitrogen functional groups attached to an aromatic ring is 1. The summed E-state index contributed by atoms with van der Waals surface area (Å²) >= 11 is 0. The van der Waals surface area contributed by atoms with Crippen molar-refractivity contribution < 1.29 is 32.5 Å². The highest BCUT2D eigenvalue weighted by atomic mass is 19.2. The Labute approximate surface area is 319 Å². The number of nitrogens with two attached hydrogens (primary N) is 1. The molecule has 55 heavy (non-hydrogen) atoms. The molecule has 8 rings (SSSR count). The van der Waals surface area contributed by atoms with Crippen LogP contribution in [0.2, 0.25) is 0 Å². The predicted molar refractivity (Wildman–Crippen MR) is 206 cm³/mol. The van der Waals surface area contributed by atoms with Gasteiger partial charge in [-0.25, -0.2) is 8.78 Å². The Bertz CT molecular complexity index is 2170. The van der Waals surface area contributed by atoms with Gasteiger partial charge in [-0.15, -0.1) is 0 Å². The maximum absolute atomic E-state index is 13.9. The van der Waals surface area contributed by atoms with Crippen molar-refractivity contribution in [3.05, 3.63) is 132 Å². The van der Waals surface area contributed by atoms with E-state index in [4.69, 9.17) is 34.5 Å². The minimum absolute atomic E-state index is 0.124. The minimum Gasteiger partial charge on any atom is -0.493 e. The molecule has 286 valence electrons. The molecule has 1 saturated heterocycles. The van der Waals surface area contributed by atoms with Gasteiger partial charge in [0.1, 0.15) is 11.9 Å². The highest BCUT2D eigenvalue weighted by molar-refractivity contribution is 5.67. The maximum Gasteiger partial charge on any atom is 0.163 e. The molecular weight excluding hydrogens is 704 g/mol. The molecule has 0 bridgehead atoms. The number of halogens is 2. The standard InChI is InChI=1S/C22H25N3O2.C21H20F2N2O3/c1-26-21-11-8-17(14-22(21)27-19-4-2-3-5-19)20-12-13-25(24-20)15-16-6-9-18(23)10-7-16;1-26-19-12-27-13-20(19)28-18-8-3-2-6-15(18)17-9-10-25(24-17)11-14-5-4-7-16(22)21(14)23/h6-14,19H,2-5,15,23H2,1H3;2-10,19-20H,11-13H2,1H3/t;19?,20-/m.1/s1. The quantitative estimate of drug-likeness (QED) is 0.125. The largest absolute Gasteiger partial charge is 0.493 e. The number of para-hydroxylation sites is 1. The molecule has 2 aromatic heterocycles. The van der Waals surface area contributed by atoms with Gasteiger partial charge in [0, 0.05) is 41.9 Å². The average molecular weight is 750 g/mol. The lowest BCUT2D eigenvalue weighted by molar-refractivity contribution is 0.0328. The van der Waals surface area contributed by atoms with Crippen molar-refractivity contribution in [2.45, 2.75) is 57.1 Å². The predicted octanol–water partition coefficient (Wildman–Crippen LogP) is 8.18. The van der Waals surface area contributed by atoms with Gasteiger partial charge in [0.15, 0.2) is 29.2 Å². The van der Waals surface area contributed by atoms with E-state index in [0.717, 1.165) is 52.9 Å². The molecule has 12 heteroatoms. The third kappa shape index (κ3) is 9.33. The summed E-state index contributed by atoms with van der Waals surface area (Å²) in [5.41, 5.74) is 11.4. The van der Waals surface area contributed by atoms with Gasteiger partial charge in [-0.05, 0) is 91.9 Å². The number of hydrogen-bond acceptors (Lipinski definition) is 8. The van der Waals surface area contributed by atoms with Crippen LogP contribution < -0.4 is 19.9 Å². The Morgan fingerprint density at radius 2 is 1.45 bits per heavy atom. The van der Waals surface area contributed by atoms with Crippen LogP contribution in [-0.4, -0.2) is 65.3 Å². The Balaban J connectivity index is 0.000000169. The number of anilines is 1. The lowest BCUT2D eigenvalue weighted by Gasteiger charge is -2.19. The van der Waals surface area contributed by atoms with E-state index in [1.54, 1.807) is 31.2 Å². The number of benzene rings is 4. The van der Waals surface area contributed by atoms with Crippen molar-refractivity contribution in [1.29, 1.82) is 0 Å². The monoisotopic (exact) mass is 749 g/mol. The number of methoxy groups -OCH3 is 2. The molecular formula is C43H45F2N5O5. The molecule has 10 nitrogen and oxygen atoms in total. The summed E-state index contributed by atoms with van der Waals surface area (Å²) in [5.74, 6) is 0.523. The Morgan fingerprint density at radius 3 is 2.24 bits per heavy atom. The van der Waals surface area contributed by atoms with E-state index in [0.29, 0.717) is 31.2 Å². The highest BCUT2D eigenvalue weighted by Crippen LogP contribution is 2.35. The first-order valence-electron chi connectivity index (χ1n) is 18.4. The van der Waals surface area contributed by atoms with Crippen molar-refractivity contribution in [2.24, 2.45) is 0 Å². The Morgan fingerprint density at radius 1 is 0.727 bits per heavy atom. The van der Waals surface area contributed by atoms with Crippen molar-refractivity contribution in [2.75, 3.05) is 33.2 Å². The molecule has 2 aliphatic rings. The summed E-state index contributed by atoms with van der Waals surface area (Å²) in [6, 6.07) is 29.4. The molecule has 1 aliphatic carbocycles. The summed E-state index contributed by atoms with van der Waals surface area (Å²) < 4.78 is 59.5. The summed E-state index contributed by atoms with van der Waals surface area (Å²) in [6.07, 6.45) is 8.39. The molecule has 3 heterocycles. The fourth-order valence-electron chi connectivity index (χ4n) is 6.76. The van der Waals surface area contributed by atoms with Gasteiger partial charge in [0.2, 0.25) is 0 Å². The molecule has 2 N–H and O–H groups in total.